The van der Waals surface area contributed by atoms with Crippen LogP contribution in [0, 0.1) is 6.92 Å². The summed E-state index contributed by atoms with van der Waals surface area (Å²) in [5.74, 6) is 1.24. The molecule has 2 heterocycles. The summed E-state index contributed by atoms with van der Waals surface area (Å²) in [4.78, 5) is 6.56. The van der Waals surface area contributed by atoms with Crippen LogP contribution in [0.3, 0.4) is 0 Å². The average Bonchev–Trinajstić information content (AvgIpc) is 3.09. The summed E-state index contributed by atoms with van der Waals surface area (Å²) in [6.07, 6.45) is 1.20. The first-order chi connectivity index (χ1) is 9.24. The number of hydrogen-bond donors (Lipinski definition) is 1. The van der Waals surface area contributed by atoms with Crippen molar-refractivity contribution in [1.29, 1.82) is 0 Å². The van der Waals surface area contributed by atoms with Crippen LogP contribution in [-0.2, 0) is 0 Å². The van der Waals surface area contributed by atoms with Gasteiger partial charge in [-0.25, -0.2) is 0 Å². The summed E-state index contributed by atoms with van der Waals surface area (Å²) >= 11 is 0. The predicted octanol–water partition coefficient (Wildman–Crippen LogP) is 1.84. The second kappa shape index (κ2) is 5.01. The molecule has 0 bridgehead atoms. The summed E-state index contributed by atoms with van der Waals surface area (Å²) in [5, 5.41) is 7.32. The fourth-order valence-corrected chi connectivity index (χ4v) is 2.44. The molecular formula is C14H18N4O. The zero-order valence-electron chi connectivity index (χ0n) is 11.3. The van der Waals surface area contributed by atoms with Crippen LogP contribution in [0.25, 0.3) is 11.4 Å². The molecular weight excluding hydrogens is 240 g/mol. The first kappa shape index (κ1) is 12.2. The Balaban J connectivity index is 1.78. The number of benzene rings is 1. The summed E-state index contributed by atoms with van der Waals surface area (Å²) in [5.41, 5.74) is 2.20. The molecule has 3 rings (SSSR count). The number of likely N-dealkylation sites (N-methyl/N-ethyl adjacent to an activating group) is 1. The SMILES string of the molecule is Cc1nc(-c2ccc(N(C)C3CCNC3)cc2)no1. The van der Waals surface area contributed by atoms with Gasteiger partial charge in [0.1, 0.15) is 0 Å². The van der Waals surface area contributed by atoms with E-state index in [-0.39, 0.29) is 0 Å². The highest BCUT2D eigenvalue weighted by atomic mass is 16.5. The molecule has 0 amide bonds. The molecule has 1 unspecified atom stereocenters. The van der Waals surface area contributed by atoms with Gasteiger partial charge >= 0.3 is 0 Å². The lowest BCUT2D eigenvalue weighted by Gasteiger charge is -2.26. The lowest BCUT2D eigenvalue weighted by atomic mass is 10.1. The van der Waals surface area contributed by atoms with Gasteiger partial charge in [-0.15, -0.1) is 0 Å². The topological polar surface area (TPSA) is 54.2 Å². The molecule has 0 saturated carbocycles. The molecule has 0 spiro atoms. The zero-order chi connectivity index (χ0) is 13.2. The Kier molecular flexibility index (Phi) is 3.21. The normalized spacial score (nSPS) is 18.7. The molecule has 5 heteroatoms. The maximum atomic E-state index is 5.00. The molecule has 2 aromatic rings. The van der Waals surface area contributed by atoms with E-state index in [1.165, 1.54) is 12.1 Å². The van der Waals surface area contributed by atoms with E-state index in [1.54, 1.807) is 6.92 Å². The Labute approximate surface area is 112 Å². The van der Waals surface area contributed by atoms with E-state index in [0.717, 1.165) is 18.7 Å². The van der Waals surface area contributed by atoms with Gasteiger partial charge in [0.05, 0.1) is 0 Å². The van der Waals surface area contributed by atoms with E-state index in [9.17, 15) is 0 Å². The van der Waals surface area contributed by atoms with E-state index in [4.69, 9.17) is 4.52 Å². The van der Waals surface area contributed by atoms with Crippen molar-refractivity contribution in [2.75, 3.05) is 25.0 Å². The molecule has 5 nitrogen and oxygen atoms in total. The van der Waals surface area contributed by atoms with Crippen molar-refractivity contribution in [3.8, 4) is 11.4 Å². The molecule has 1 saturated heterocycles. The Bertz CT molecular complexity index is 543. The van der Waals surface area contributed by atoms with Crippen LogP contribution in [0.5, 0.6) is 0 Å². The van der Waals surface area contributed by atoms with Crippen LogP contribution in [0.1, 0.15) is 12.3 Å². The Morgan fingerprint density at radius 3 is 2.68 bits per heavy atom. The highest BCUT2D eigenvalue weighted by Crippen LogP contribution is 2.22. The number of aryl methyl sites for hydroxylation is 1. The molecule has 1 aliphatic heterocycles. The first-order valence-electron chi connectivity index (χ1n) is 6.58. The van der Waals surface area contributed by atoms with Gasteiger partial charge in [-0.3, -0.25) is 0 Å². The summed E-state index contributed by atoms with van der Waals surface area (Å²) in [6.45, 7) is 3.96. The second-order valence-corrected chi connectivity index (χ2v) is 4.94. The highest BCUT2D eigenvalue weighted by molar-refractivity contribution is 5.60. The van der Waals surface area contributed by atoms with Crippen molar-refractivity contribution in [3.63, 3.8) is 0 Å². The van der Waals surface area contributed by atoms with Gasteiger partial charge in [-0.05, 0) is 37.2 Å². The van der Waals surface area contributed by atoms with Crippen molar-refractivity contribution < 1.29 is 4.52 Å². The third kappa shape index (κ3) is 2.46. The minimum Gasteiger partial charge on any atom is -0.370 e. The fraction of sp³-hybridized carbons (Fsp3) is 0.429. The molecule has 0 radical (unpaired) electrons. The average molecular weight is 258 g/mol. The van der Waals surface area contributed by atoms with Gasteiger partial charge in [-0.2, -0.15) is 4.98 Å². The van der Waals surface area contributed by atoms with Gasteiger partial charge in [0.2, 0.25) is 11.7 Å². The number of nitrogens with zero attached hydrogens (tertiary/aromatic N) is 3. The van der Waals surface area contributed by atoms with Crippen LogP contribution in [-0.4, -0.2) is 36.3 Å². The molecule has 1 aliphatic rings. The zero-order valence-corrected chi connectivity index (χ0v) is 11.3. The molecule has 1 N–H and O–H groups in total. The van der Waals surface area contributed by atoms with E-state index in [0.29, 0.717) is 17.8 Å². The largest absolute Gasteiger partial charge is 0.370 e. The summed E-state index contributed by atoms with van der Waals surface area (Å²) < 4.78 is 5.00. The minimum absolute atomic E-state index is 0.582. The molecule has 19 heavy (non-hydrogen) atoms. The van der Waals surface area contributed by atoms with Crippen LogP contribution in [0.2, 0.25) is 0 Å². The van der Waals surface area contributed by atoms with E-state index in [1.807, 2.05) is 12.1 Å². The molecule has 100 valence electrons. The Morgan fingerprint density at radius 1 is 1.32 bits per heavy atom. The number of rotatable bonds is 3. The smallest absolute Gasteiger partial charge is 0.223 e. The molecule has 1 aromatic heterocycles. The highest BCUT2D eigenvalue weighted by Gasteiger charge is 2.19. The van der Waals surface area contributed by atoms with Crippen LogP contribution >= 0.6 is 0 Å². The Morgan fingerprint density at radius 2 is 2.11 bits per heavy atom. The Hall–Kier alpha value is -1.88. The van der Waals surface area contributed by atoms with E-state index in [2.05, 4.69) is 39.5 Å². The monoisotopic (exact) mass is 258 g/mol. The first-order valence-corrected chi connectivity index (χ1v) is 6.58. The molecule has 1 fully saturated rings. The second-order valence-electron chi connectivity index (χ2n) is 4.94. The van der Waals surface area contributed by atoms with Gasteiger partial charge in [0.25, 0.3) is 0 Å². The third-order valence-electron chi connectivity index (χ3n) is 3.64. The van der Waals surface area contributed by atoms with E-state index < -0.39 is 0 Å². The summed E-state index contributed by atoms with van der Waals surface area (Å²) in [7, 11) is 2.14. The van der Waals surface area contributed by atoms with Crippen molar-refractivity contribution in [1.82, 2.24) is 15.5 Å². The van der Waals surface area contributed by atoms with Crippen molar-refractivity contribution in [2.24, 2.45) is 0 Å². The molecule has 1 atom stereocenters. The van der Waals surface area contributed by atoms with E-state index >= 15 is 0 Å². The fourth-order valence-electron chi connectivity index (χ4n) is 2.44. The van der Waals surface area contributed by atoms with Gasteiger partial charge in [0, 0.05) is 37.8 Å². The quantitative estimate of drug-likeness (QED) is 0.910. The van der Waals surface area contributed by atoms with Gasteiger partial charge in [-0.1, -0.05) is 5.16 Å². The lowest BCUT2D eigenvalue weighted by molar-refractivity contribution is 0.394. The van der Waals surface area contributed by atoms with Crippen LogP contribution < -0.4 is 10.2 Å². The maximum Gasteiger partial charge on any atom is 0.223 e. The van der Waals surface area contributed by atoms with Crippen LogP contribution in [0.15, 0.2) is 28.8 Å². The predicted molar refractivity (Wildman–Crippen MR) is 74.1 cm³/mol. The third-order valence-corrected chi connectivity index (χ3v) is 3.64. The number of anilines is 1. The molecule has 1 aromatic carbocycles. The minimum atomic E-state index is 0.582. The maximum absolute atomic E-state index is 5.00. The van der Waals surface area contributed by atoms with Gasteiger partial charge < -0.3 is 14.7 Å². The van der Waals surface area contributed by atoms with Crippen molar-refractivity contribution >= 4 is 5.69 Å². The summed E-state index contributed by atoms with van der Waals surface area (Å²) in [6, 6.07) is 8.88. The lowest BCUT2D eigenvalue weighted by Crippen LogP contribution is -2.33. The van der Waals surface area contributed by atoms with Crippen LogP contribution in [0.4, 0.5) is 5.69 Å². The number of hydrogen-bond acceptors (Lipinski definition) is 5. The van der Waals surface area contributed by atoms with Crippen molar-refractivity contribution in [3.05, 3.63) is 30.2 Å². The number of nitrogens with one attached hydrogen (secondary N) is 1. The molecule has 0 aliphatic carbocycles. The van der Waals surface area contributed by atoms with Gasteiger partial charge in [0.15, 0.2) is 0 Å². The van der Waals surface area contributed by atoms with Crippen molar-refractivity contribution in [2.45, 2.75) is 19.4 Å². The standard InChI is InChI=1S/C14H18N4O/c1-10-16-14(17-19-10)11-3-5-12(6-4-11)18(2)13-7-8-15-9-13/h3-6,13,15H,7-9H2,1-2H3. The number of aromatic nitrogens is 2.